The van der Waals surface area contributed by atoms with E-state index in [1.54, 1.807) is 47.6 Å². The third kappa shape index (κ3) is 7.67. The molecule has 2 aliphatic heterocycles. The Kier molecular flexibility index (Phi) is 12.6. The average Bonchev–Trinajstić information content (AvgIpc) is 3.64. The third-order valence-electron chi connectivity index (χ3n) is 12.6. The Morgan fingerprint density at radius 3 is 2.19 bits per heavy atom. The van der Waals surface area contributed by atoms with Gasteiger partial charge < -0.3 is 47.4 Å². The SMILES string of the molecule is C=C1C(C2(C)C=CC(=O)OC(C)(COC(C)=O)C2CC(=O)OC)C(OC=O)C(OC(=O)C(O)C(C)C)C2(C)C(c3ccoc3)C(OC(=O)C(OC(C)=O)C(C)C)C3OC132. The molecule has 3 heterocycles. The van der Waals surface area contributed by atoms with Crippen molar-refractivity contribution in [1.29, 1.82) is 0 Å². The van der Waals surface area contributed by atoms with Crippen LogP contribution in [0.2, 0.25) is 0 Å². The highest BCUT2D eigenvalue weighted by atomic mass is 16.7. The number of esters is 6. The molecule has 4 aliphatic rings. The number of rotatable bonds is 15. The van der Waals surface area contributed by atoms with Gasteiger partial charge in [-0.05, 0) is 30.0 Å². The van der Waals surface area contributed by atoms with E-state index in [0.29, 0.717) is 5.56 Å². The Labute approximate surface area is 342 Å². The third-order valence-corrected chi connectivity index (χ3v) is 12.6. The zero-order valence-electron chi connectivity index (χ0n) is 34.9. The van der Waals surface area contributed by atoms with Crippen molar-refractivity contribution in [3.8, 4) is 0 Å². The van der Waals surface area contributed by atoms with Crippen molar-refractivity contribution in [2.24, 2.45) is 34.5 Å². The van der Waals surface area contributed by atoms with Crippen molar-refractivity contribution >= 4 is 42.3 Å². The Morgan fingerprint density at radius 1 is 0.966 bits per heavy atom. The highest BCUT2D eigenvalue weighted by molar-refractivity contribution is 5.83. The molecule has 3 fully saturated rings. The highest BCUT2D eigenvalue weighted by Gasteiger charge is 2.88. The Hall–Kier alpha value is -5.03. The van der Waals surface area contributed by atoms with Crippen LogP contribution in [0.4, 0.5) is 0 Å². The van der Waals surface area contributed by atoms with E-state index in [4.69, 9.17) is 42.3 Å². The average molecular weight is 831 g/mol. The first kappa shape index (κ1) is 45.1. The first-order chi connectivity index (χ1) is 27.5. The van der Waals surface area contributed by atoms with Gasteiger partial charge in [0.15, 0.2) is 6.10 Å². The predicted molar refractivity (Wildman–Crippen MR) is 200 cm³/mol. The van der Waals surface area contributed by atoms with E-state index in [1.807, 2.05) is 0 Å². The molecule has 0 radical (unpaired) electrons. The van der Waals surface area contributed by atoms with E-state index in [0.717, 1.165) is 19.9 Å². The number of aliphatic hydroxyl groups excluding tert-OH is 1. The van der Waals surface area contributed by atoms with E-state index in [-0.39, 0.29) is 12.0 Å². The van der Waals surface area contributed by atoms with Crippen LogP contribution in [-0.4, -0.2) is 109 Å². The minimum atomic E-state index is -1.74. The van der Waals surface area contributed by atoms with Crippen molar-refractivity contribution in [3.05, 3.63) is 48.5 Å². The molecule has 0 bridgehead atoms. The van der Waals surface area contributed by atoms with Crippen LogP contribution < -0.4 is 0 Å². The summed E-state index contributed by atoms with van der Waals surface area (Å²) in [6.07, 6.45) is -3.27. The van der Waals surface area contributed by atoms with Gasteiger partial charge in [0.1, 0.15) is 42.2 Å². The number of aliphatic hydroxyl groups is 1. The number of epoxide rings is 1. The molecule has 2 saturated carbocycles. The molecule has 17 nitrogen and oxygen atoms in total. The quantitative estimate of drug-likeness (QED) is 0.0879. The number of methoxy groups -OCH3 is 1. The van der Waals surface area contributed by atoms with E-state index in [2.05, 4.69) is 6.58 Å². The maximum Gasteiger partial charge on any atom is 0.348 e. The lowest BCUT2D eigenvalue weighted by atomic mass is 9.48. The van der Waals surface area contributed by atoms with Crippen molar-refractivity contribution in [2.45, 2.75) is 122 Å². The minimum absolute atomic E-state index is 0.154. The summed E-state index contributed by atoms with van der Waals surface area (Å²) in [7, 11) is 1.17. The summed E-state index contributed by atoms with van der Waals surface area (Å²) in [4.78, 5) is 91.6. The van der Waals surface area contributed by atoms with Crippen LogP contribution in [0.25, 0.3) is 0 Å². The predicted octanol–water partition coefficient (Wildman–Crippen LogP) is 3.30. The van der Waals surface area contributed by atoms with Gasteiger partial charge in [-0.25, -0.2) is 14.4 Å². The molecule has 1 aromatic heterocycles. The fraction of sp³-hybridized carbons (Fsp3) is 0.643. The van der Waals surface area contributed by atoms with Gasteiger partial charge in [-0.2, -0.15) is 0 Å². The second-order valence-corrected chi connectivity index (χ2v) is 17.1. The lowest BCUT2D eigenvalue weighted by molar-refractivity contribution is -0.217. The summed E-state index contributed by atoms with van der Waals surface area (Å²) in [5, 5.41) is 11.1. The van der Waals surface area contributed by atoms with Gasteiger partial charge in [0.05, 0.1) is 31.5 Å². The van der Waals surface area contributed by atoms with E-state index in [9.17, 15) is 38.7 Å². The van der Waals surface area contributed by atoms with Crippen LogP contribution in [0.3, 0.4) is 0 Å². The van der Waals surface area contributed by atoms with E-state index < -0.39 is 137 Å². The molecule has 0 amide bonds. The molecule has 0 aromatic carbocycles. The van der Waals surface area contributed by atoms with Crippen LogP contribution in [0.5, 0.6) is 0 Å². The first-order valence-electron chi connectivity index (χ1n) is 19.4. The molecule has 2 aliphatic carbocycles. The summed E-state index contributed by atoms with van der Waals surface area (Å²) in [6, 6.07) is 1.62. The van der Waals surface area contributed by atoms with Gasteiger partial charge in [-0.1, -0.05) is 54.2 Å². The van der Waals surface area contributed by atoms with Crippen molar-refractivity contribution in [3.63, 3.8) is 0 Å². The van der Waals surface area contributed by atoms with E-state index in [1.165, 1.54) is 32.6 Å². The molecule has 13 atom stereocenters. The van der Waals surface area contributed by atoms with Crippen LogP contribution in [0, 0.1) is 34.5 Å². The number of hydrogen-bond acceptors (Lipinski definition) is 17. The second kappa shape index (κ2) is 16.6. The monoisotopic (exact) mass is 830 g/mol. The molecule has 1 saturated heterocycles. The van der Waals surface area contributed by atoms with Crippen molar-refractivity contribution in [2.75, 3.05) is 13.7 Å². The molecule has 59 heavy (non-hydrogen) atoms. The van der Waals surface area contributed by atoms with Crippen LogP contribution in [0.15, 0.2) is 47.3 Å². The summed E-state index contributed by atoms with van der Waals surface area (Å²) in [5.74, 6) is -9.40. The lowest BCUT2D eigenvalue weighted by Gasteiger charge is -2.58. The normalized spacial score (nSPS) is 35.6. The van der Waals surface area contributed by atoms with Crippen molar-refractivity contribution in [1.82, 2.24) is 0 Å². The lowest BCUT2D eigenvalue weighted by Crippen LogP contribution is -2.67. The van der Waals surface area contributed by atoms with Gasteiger partial charge in [0.2, 0.25) is 6.10 Å². The van der Waals surface area contributed by atoms with E-state index >= 15 is 0 Å². The molecule has 324 valence electrons. The number of allylic oxidation sites excluding steroid dienone is 1. The first-order valence-corrected chi connectivity index (χ1v) is 19.4. The number of carbonyl (C=O) groups excluding carboxylic acids is 7. The van der Waals surface area contributed by atoms with Gasteiger partial charge in [-0.3, -0.25) is 19.2 Å². The second-order valence-electron chi connectivity index (χ2n) is 17.1. The summed E-state index contributed by atoms with van der Waals surface area (Å²) in [6.45, 7) is 17.9. The van der Waals surface area contributed by atoms with Crippen molar-refractivity contribution < 1.29 is 81.0 Å². The summed E-state index contributed by atoms with van der Waals surface area (Å²) < 4.78 is 52.5. The molecule has 1 spiro atoms. The number of furan rings is 1. The van der Waals surface area contributed by atoms with Gasteiger partial charge in [0, 0.05) is 49.0 Å². The van der Waals surface area contributed by atoms with Crippen LogP contribution in [0.1, 0.15) is 80.2 Å². The van der Waals surface area contributed by atoms with Gasteiger partial charge >= 0.3 is 35.8 Å². The highest BCUT2D eigenvalue weighted by Crippen LogP contribution is 2.77. The molecule has 1 N–H and O–H groups in total. The molecular formula is C42H54O17. The standard InChI is InChI=1S/C42H54O17/c1-20(2)31(48)37(49)57-35-33(54-19-43)29(39(8)14-12-27(46)58-40(9,18-53-23(6)44)26(39)16-28(47)51-11)22(5)42-36(59-42)34(30(41(35,42)10)25-13-15-52-17-25)56-38(50)32(21(3)4)55-24(7)45/h12-15,17,19-21,26,29-36,48H,5,16,18H2,1-4,6-11H3. The number of ether oxygens (including phenoxy) is 8. The maximum absolute atomic E-state index is 14.0. The zero-order chi connectivity index (χ0) is 44.0. The van der Waals surface area contributed by atoms with Crippen LogP contribution in [-0.2, 0) is 71.5 Å². The summed E-state index contributed by atoms with van der Waals surface area (Å²) in [5.41, 5.74) is -5.71. The Balaban J connectivity index is 1.79. The number of cyclic esters (lactones) is 1. The molecular weight excluding hydrogens is 776 g/mol. The van der Waals surface area contributed by atoms with Gasteiger partial charge in [0.25, 0.3) is 6.47 Å². The zero-order valence-corrected chi connectivity index (χ0v) is 34.9. The largest absolute Gasteiger partial charge is 0.472 e. The fourth-order valence-electron chi connectivity index (χ4n) is 9.87. The van der Waals surface area contributed by atoms with Crippen LogP contribution >= 0.6 is 0 Å². The smallest absolute Gasteiger partial charge is 0.348 e. The van der Waals surface area contributed by atoms with Gasteiger partial charge in [-0.15, -0.1) is 0 Å². The topological polar surface area (TPSA) is 230 Å². The summed E-state index contributed by atoms with van der Waals surface area (Å²) >= 11 is 0. The fourth-order valence-corrected chi connectivity index (χ4v) is 9.87. The maximum atomic E-state index is 14.0. The number of carbonyl (C=O) groups is 7. The Morgan fingerprint density at radius 2 is 1.64 bits per heavy atom. The minimum Gasteiger partial charge on any atom is -0.472 e. The molecule has 13 unspecified atom stereocenters. The Bertz CT molecular complexity index is 1870. The number of hydrogen-bond donors (Lipinski definition) is 1. The molecule has 1 aromatic rings. The molecule has 17 heteroatoms. The molecule has 5 rings (SSSR count).